The van der Waals surface area contributed by atoms with E-state index in [1.54, 1.807) is 31.2 Å². The van der Waals surface area contributed by atoms with Gasteiger partial charge in [-0.3, -0.25) is 14.9 Å². The van der Waals surface area contributed by atoms with Crippen LogP contribution < -0.4 is 16.0 Å². The first-order valence-electron chi connectivity index (χ1n) is 10.1. The van der Waals surface area contributed by atoms with Crippen molar-refractivity contribution < 1.29 is 14.4 Å². The normalized spacial score (nSPS) is 21.9. The Balaban J connectivity index is 1.36. The number of carbonyl (C=O) groups excluding carboxylic acids is 3. The number of aryl methyl sites for hydroxylation is 1. The lowest BCUT2D eigenvalue weighted by atomic mass is 9.91. The molecule has 0 saturated carbocycles. The fourth-order valence-corrected chi connectivity index (χ4v) is 3.86. The van der Waals surface area contributed by atoms with Crippen LogP contribution in [0.25, 0.3) is 0 Å². The monoisotopic (exact) mass is 407 g/mol. The number of urea groups is 1. The number of likely N-dealkylation sites (tertiary alicyclic amines) is 1. The van der Waals surface area contributed by atoms with E-state index in [0.717, 1.165) is 24.2 Å². The lowest BCUT2D eigenvalue weighted by Gasteiger charge is -2.33. The van der Waals surface area contributed by atoms with Gasteiger partial charge < -0.3 is 15.5 Å². The van der Waals surface area contributed by atoms with Gasteiger partial charge in [0, 0.05) is 30.9 Å². The molecule has 2 saturated heterocycles. The molecule has 4 rings (SSSR count). The van der Waals surface area contributed by atoms with Gasteiger partial charge in [-0.2, -0.15) is 0 Å². The molecule has 8 nitrogen and oxygen atoms in total. The Morgan fingerprint density at radius 1 is 1.13 bits per heavy atom. The summed E-state index contributed by atoms with van der Waals surface area (Å²) in [4.78, 5) is 42.6. The molecule has 0 bridgehead atoms. The second-order valence-electron chi connectivity index (χ2n) is 8.04. The Morgan fingerprint density at radius 3 is 2.40 bits per heavy atom. The standard InChI is InChI=1S/C22H25N5O3/c1-14-3-8-18(23-13-14)24-17-9-11-27(12-10-17)19(28)15-4-6-16(7-5-15)22(2)20(29)25-21(30)26-22/h3-8,13,17H,9-12H2,1-2H3,(H,23,24)(H2,25,26,29,30). The second kappa shape index (κ2) is 7.78. The first-order valence-corrected chi connectivity index (χ1v) is 10.1. The minimum absolute atomic E-state index is 0.0291. The minimum Gasteiger partial charge on any atom is -0.367 e. The lowest BCUT2D eigenvalue weighted by Crippen LogP contribution is -2.42. The highest BCUT2D eigenvalue weighted by Crippen LogP contribution is 2.25. The number of benzene rings is 1. The predicted molar refractivity (Wildman–Crippen MR) is 112 cm³/mol. The number of imide groups is 1. The van der Waals surface area contributed by atoms with Gasteiger partial charge in [0.25, 0.3) is 11.8 Å². The molecule has 3 heterocycles. The van der Waals surface area contributed by atoms with Crippen molar-refractivity contribution in [2.75, 3.05) is 18.4 Å². The highest BCUT2D eigenvalue weighted by molar-refractivity contribution is 6.07. The zero-order valence-corrected chi connectivity index (χ0v) is 17.1. The third-order valence-electron chi connectivity index (χ3n) is 5.80. The second-order valence-corrected chi connectivity index (χ2v) is 8.04. The topological polar surface area (TPSA) is 103 Å². The maximum absolute atomic E-state index is 12.9. The molecule has 1 aromatic heterocycles. The summed E-state index contributed by atoms with van der Waals surface area (Å²) in [6, 6.07) is 10.6. The Hall–Kier alpha value is -3.42. The Kier molecular flexibility index (Phi) is 5.15. The van der Waals surface area contributed by atoms with E-state index in [-0.39, 0.29) is 11.9 Å². The number of carbonyl (C=O) groups is 3. The van der Waals surface area contributed by atoms with E-state index in [2.05, 4.69) is 20.9 Å². The van der Waals surface area contributed by atoms with Crippen LogP contribution in [0.5, 0.6) is 0 Å². The maximum atomic E-state index is 12.9. The summed E-state index contributed by atoms with van der Waals surface area (Å²) in [7, 11) is 0. The molecule has 4 amide bonds. The highest BCUT2D eigenvalue weighted by atomic mass is 16.2. The van der Waals surface area contributed by atoms with Gasteiger partial charge in [0.1, 0.15) is 11.4 Å². The average Bonchev–Trinajstić information content (AvgIpc) is 3.02. The van der Waals surface area contributed by atoms with E-state index in [1.165, 1.54) is 0 Å². The molecule has 8 heteroatoms. The molecular formula is C22H25N5O3. The Morgan fingerprint density at radius 2 is 1.83 bits per heavy atom. The third kappa shape index (κ3) is 3.85. The molecule has 2 aromatic rings. The lowest BCUT2D eigenvalue weighted by molar-refractivity contribution is -0.123. The molecule has 0 aliphatic carbocycles. The summed E-state index contributed by atoms with van der Waals surface area (Å²) in [6.45, 7) is 4.98. The van der Waals surface area contributed by atoms with E-state index in [0.29, 0.717) is 24.2 Å². The zero-order valence-electron chi connectivity index (χ0n) is 17.1. The van der Waals surface area contributed by atoms with Gasteiger partial charge in [-0.05, 0) is 56.0 Å². The van der Waals surface area contributed by atoms with Crippen molar-refractivity contribution >= 4 is 23.7 Å². The number of aromatic nitrogens is 1. The minimum atomic E-state index is -1.12. The van der Waals surface area contributed by atoms with Gasteiger partial charge in [0.15, 0.2) is 0 Å². The number of amides is 4. The predicted octanol–water partition coefficient (Wildman–Crippen LogP) is 2.16. The number of hydrogen-bond donors (Lipinski definition) is 3. The van der Waals surface area contributed by atoms with E-state index in [9.17, 15) is 14.4 Å². The van der Waals surface area contributed by atoms with Gasteiger partial charge in [0.05, 0.1) is 0 Å². The smallest absolute Gasteiger partial charge is 0.322 e. The molecule has 2 aliphatic heterocycles. The van der Waals surface area contributed by atoms with Gasteiger partial charge in [0.2, 0.25) is 0 Å². The van der Waals surface area contributed by atoms with Crippen molar-refractivity contribution in [3.8, 4) is 0 Å². The van der Waals surface area contributed by atoms with Gasteiger partial charge in [-0.15, -0.1) is 0 Å². The molecule has 2 fully saturated rings. The van der Waals surface area contributed by atoms with E-state index < -0.39 is 17.5 Å². The van der Waals surface area contributed by atoms with Crippen molar-refractivity contribution in [2.45, 2.75) is 38.3 Å². The molecule has 0 radical (unpaired) electrons. The molecule has 1 atom stereocenters. The maximum Gasteiger partial charge on any atom is 0.322 e. The summed E-state index contributed by atoms with van der Waals surface area (Å²) in [5.41, 5.74) is 1.21. The summed E-state index contributed by atoms with van der Waals surface area (Å²) in [6.07, 6.45) is 3.54. The quantitative estimate of drug-likeness (QED) is 0.674. The molecule has 1 unspecified atom stereocenters. The summed E-state index contributed by atoms with van der Waals surface area (Å²) >= 11 is 0. The highest BCUT2D eigenvalue weighted by Gasteiger charge is 2.43. The number of hydrogen-bond acceptors (Lipinski definition) is 5. The fourth-order valence-electron chi connectivity index (χ4n) is 3.86. The summed E-state index contributed by atoms with van der Waals surface area (Å²) in [5, 5.41) is 8.31. The van der Waals surface area contributed by atoms with E-state index >= 15 is 0 Å². The van der Waals surface area contributed by atoms with Gasteiger partial charge in [-0.1, -0.05) is 18.2 Å². The molecular weight excluding hydrogens is 382 g/mol. The van der Waals surface area contributed by atoms with Gasteiger partial charge >= 0.3 is 6.03 Å². The molecule has 2 aliphatic rings. The number of nitrogens with one attached hydrogen (secondary N) is 3. The van der Waals surface area contributed by atoms with E-state index in [1.807, 2.05) is 30.2 Å². The van der Waals surface area contributed by atoms with Crippen molar-refractivity contribution in [1.82, 2.24) is 20.5 Å². The molecule has 156 valence electrons. The first-order chi connectivity index (χ1) is 14.3. The molecule has 3 N–H and O–H groups in total. The van der Waals surface area contributed by atoms with Gasteiger partial charge in [-0.25, -0.2) is 9.78 Å². The van der Waals surface area contributed by atoms with Crippen molar-refractivity contribution in [2.24, 2.45) is 0 Å². The molecule has 0 spiro atoms. The van der Waals surface area contributed by atoms with Crippen molar-refractivity contribution in [1.29, 1.82) is 0 Å². The summed E-state index contributed by atoms with van der Waals surface area (Å²) in [5.74, 6) is 0.431. The van der Waals surface area contributed by atoms with E-state index in [4.69, 9.17) is 0 Å². The van der Waals surface area contributed by atoms with Crippen LogP contribution in [-0.2, 0) is 10.3 Å². The van der Waals surface area contributed by atoms with Crippen LogP contribution in [0.15, 0.2) is 42.6 Å². The third-order valence-corrected chi connectivity index (χ3v) is 5.80. The number of piperidine rings is 1. The van der Waals surface area contributed by atoms with Crippen LogP contribution in [0.4, 0.5) is 10.6 Å². The zero-order chi connectivity index (χ0) is 21.3. The molecule has 1 aromatic carbocycles. The Labute approximate surface area is 175 Å². The Bertz CT molecular complexity index is 965. The number of nitrogens with zero attached hydrogens (tertiary/aromatic N) is 2. The fraction of sp³-hybridized carbons (Fsp3) is 0.364. The van der Waals surface area contributed by atoms with Crippen LogP contribution in [-0.4, -0.2) is 46.9 Å². The first kappa shape index (κ1) is 19.9. The average molecular weight is 407 g/mol. The SMILES string of the molecule is Cc1ccc(NC2CCN(C(=O)c3ccc(C4(C)NC(=O)NC4=O)cc3)CC2)nc1. The van der Waals surface area contributed by atoms with Crippen LogP contribution in [0.2, 0.25) is 0 Å². The number of rotatable bonds is 4. The van der Waals surface area contributed by atoms with Crippen LogP contribution >= 0.6 is 0 Å². The van der Waals surface area contributed by atoms with Crippen LogP contribution in [0, 0.1) is 6.92 Å². The van der Waals surface area contributed by atoms with Crippen LogP contribution in [0.1, 0.15) is 41.3 Å². The van der Waals surface area contributed by atoms with Crippen LogP contribution in [0.3, 0.4) is 0 Å². The van der Waals surface area contributed by atoms with Crippen molar-refractivity contribution in [3.63, 3.8) is 0 Å². The summed E-state index contributed by atoms with van der Waals surface area (Å²) < 4.78 is 0. The number of anilines is 1. The van der Waals surface area contributed by atoms with Crippen molar-refractivity contribution in [3.05, 3.63) is 59.3 Å². The number of pyridine rings is 1. The molecule has 30 heavy (non-hydrogen) atoms. The largest absolute Gasteiger partial charge is 0.367 e.